The molecule has 0 saturated carbocycles. The molecule has 0 atom stereocenters. The fourth-order valence-corrected chi connectivity index (χ4v) is 3.12. The van der Waals surface area contributed by atoms with Crippen LogP contribution >= 0.6 is 0 Å². The largest absolute Gasteiger partial charge is 0.493 e. The normalized spacial score (nSPS) is 12.4. The zero-order valence-corrected chi connectivity index (χ0v) is 15.0. The molecule has 0 bridgehead atoms. The van der Waals surface area contributed by atoms with E-state index in [2.05, 4.69) is 0 Å². The number of aryl methyl sites for hydroxylation is 2. The van der Waals surface area contributed by atoms with Gasteiger partial charge in [0.1, 0.15) is 0 Å². The summed E-state index contributed by atoms with van der Waals surface area (Å²) in [4.78, 5) is 24.6. The van der Waals surface area contributed by atoms with Crippen LogP contribution < -0.4 is 9.47 Å². The van der Waals surface area contributed by atoms with E-state index in [1.807, 2.05) is 19.1 Å². The smallest absolute Gasteiger partial charge is 0.338 e. The lowest BCUT2D eigenvalue weighted by molar-refractivity contribution is 0.0474. The SMILES string of the molecule is CCOc1cc(C(=O)OCC(=O)c2ccc3c(c2)CCC3)ccc1OC. The zero-order chi connectivity index (χ0) is 18.5. The van der Waals surface area contributed by atoms with Crippen LogP contribution in [0.25, 0.3) is 0 Å². The van der Waals surface area contributed by atoms with E-state index in [0.29, 0.717) is 29.2 Å². The van der Waals surface area contributed by atoms with Gasteiger partial charge in [0.15, 0.2) is 23.9 Å². The fraction of sp³-hybridized carbons (Fsp3) is 0.333. The van der Waals surface area contributed by atoms with Crippen molar-refractivity contribution in [1.29, 1.82) is 0 Å². The van der Waals surface area contributed by atoms with Crippen LogP contribution in [0, 0.1) is 0 Å². The predicted octanol–water partition coefficient (Wildman–Crippen LogP) is 3.62. The highest BCUT2D eigenvalue weighted by molar-refractivity contribution is 5.99. The number of fused-ring (bicyclic) bond motifs is 1. The zero-order valence-electron chi connectivity index (χ0n) is 15.0. The summed E-state index contributed by atoms with van der Waals surface area (Å²) in [5.41, 5.74) is 3.43. The van der Waals surface area contributed by atoms with Crippen LogP contribution in [-0.2, 0) is 17.6 Å². The molecular formula is C21H22O5. The number of ether oxygens (including phenoxy) is 3. The first-order valence-electron chi connectivity index (χ1n) is 8.75. The van der Waals surface area contributed by atoms with Crippen molar-refractivity contribution < 1.29 is 23.8 Å². The molecular weight excluding hydrogens is 332 g/mol. The highest BCUT2D eigenvalue weighted by Crippen LogP contribution is 2.28. The molecule has 0 spiro atoms. The van der Waals surface area contributed by atoms with Gasteiger partial charge in [0.05, 0.1) is 19.3 Å². The van der Waals surface area contributed by atoms with Crippen molar-refractivity contribution in [2.45, 2.75) is 26.2 Å². The summed E-state index contributed by atoms with van der Waals surface area (Å²) < 4.78 is 15.8. The monoisotopic (exact) mass is 354 g/mol. The third-order valence-corrected chi connectivity index (χ3v) is 4.45. The van der Waals surface area contributed by atoms with Crippen LogP contribution in [-0.4, -0.2) is 32.1 Å². The average molecular weight is 354 g/mol. The van der Waals surface area contributed by atoms with E-state index in [4.69, 9.17) is 14.2 Å². The van der Waals surface area contributed by atoms with Gasteiger partial charge in [-0.2, -0.15) is 0 Å². The summed E-state index contributed by atoms with van der Waals surface area (Å²) >= 11 is 0. The van der Waals surface area contributed by atoms with Crippen molar-refractivity contribution in [2.24, 2.45) is 0 Å². The van der Waals surface area contributed by atoms with Gasteiger partial charge in [0.25, 0.3) is 0 Å². The molecule has 0 radical (unpaired) electrons. The highest BCUT2D eigenvalue weighted by atomic mass is 16.5. The van der Waals surface area contributed by atoms with Crippen LogP contribution in [0.2, 0.25) is 0 Å². The summed E-state index contributed by atoms with van der Waals surface area (Å²) in [6.45, 7) is 2.01. The minimum Gasteiger partial charge on any atom is -0.493 e. The maximum Gasteiger partial charge on any atom is 0.338 e. The second kappa shape index (κ2) is 8.04. The van der Waals surface area contributed by atoms with Gasteiger partial charge in [-0.05, 0) is 61.6 Å². The number of carbonyl (C=O) groups excluding carboxylic acids is 2. The number of hydrogen-bond donors (Lipinski definition) is 0. The lowest BCUT2D eigenvalue weighted by atomic mass is 10.0. The highest BCUT2D eigenvalue weighted by Gasteiger charge is 2.17. The standard InChI is InChI=1S/C21H22O5/c1-3-25-20-12-17(9-10-19(20)24-2)21(23)26-13-18(22)16-8-7-14-5-4-6-15(14)11-16/h7-12H,3-6,13H2,1-2H3. The summed E-state index contributed by atoms with van der Waals surface area (Å²) in [5.74, 6) is 0.238. The fourth-order valence-electron chi connectivity index (χ4n) is 3.12. The van der Waals surface area contributed by atoms with E-state index in [1.54, 1.807) is 24.3 Å². The Balaban J connectivity index is 1.65. The molecule has 0 N–H and O–H groups in total. The Kier molecular flexibility index (Phi) is 5.56. The molecule has 5 nitrogen and oxygen atoms in total. The molecule has 1 aliphatic carbocycles. The van der Waals surface area contributed by atoms with E-state index in [1.165, 1.54) is 18.2 Å². The van der Waals surface area contributed by atoms with Gasteiger partial charge >= 0.3 is 5.97 Å². The first-order valence-corrected chi connectivity index (χ1v) is 8.75. The van der Waals surface area contributed by atoms with Crippen molar-refractivity contribution in [3.05, 3.63) is 58.7 Å². The Morgan fingerprint density at radius 2 is 1.73 bits per heavy atom. The topological polar surface area (TPSA) is 61.8 Å². The van der Waals surface area contributed by atoms with Crippen LogP contribution in [0.4, 0.5) is 0 Å². The van der Waals surface area contributed by atoms with E-state index >= 15 is 0 Å². The van der Waals surface area contributed by atoms with Gasteiger partial charge in [0.2, 0.25) is 0 Å². The molecule has 136 valence electrons. The number of Topliss-reactive ketones (excluding diaryl/α,β-unsaturated/α-hetero) is 1. The molecule has 0 aliphatic heterocycles. The molecule has 0 amide bonds. The number of carbonyl (C=O) groups is 2. The first-order chi connectivity index (χ1) is 12.6. The van der Waals surface area contributed by atoms with Gasteiger partial charge in [-0.25, -0.2) is 4.79 Å². The van der Waals surface area contributed by atoms with Crippen molar-refractivity contribution >= 4 is 11.8 Å². The lowest BCUT2D eigenvalue weighted by Gasteiger charge is -2.11. The second-order valence-electron chi connectivity index (χ2n) is 6.14. The summed E-state index contributed by atoms with van der Waals surface area (Å²) in [6.07, 6.45) is 3.20. The maximum atomic E-state index is 12.3. The Morgan fingerprint density at radius 1 is 0.962 bits per heavy atom. The van der Waals surface area contributed by atoms with Crippen molar-refractivity contribution in [2.75, 3.05) is 20.3 Å². The van der Waals surface area contributed by atoms with Gasteiger partial charge < -0.3 is 14.2 Å². The van der Waals surface area contributed by atoms with E-state index in [9.17, 15) is 9.59 Å². The maximum absolute atomic E-state index is 12.3. The number of methoxy groups -OCH3 is 1. The minimum absolute atomic E-state index is 0.202. The Morgan fingerprint density at radius 3 is 2.50 bits per heavy atom. The predicted molar refractivity (Wildman–Crippen MR) is 97.2 cm³/mol. The molecule has 2 aromatic carbocycles. The van der Waals surface area contributed by atoms with E-state index in [0.717, 1.165) is 19.3 Å². The van der Waals surface area contributed by atoms with Crippen LogP contribution in [0.3, 0.4) is 0 Å². The summed E-state index contributed by atoms with van der Waals surface area (Å²) in [6, 6.07) is 10.5. The Bertz CT molecular complexity index is 825. The number of esters is 1. The number of benzene rings is 2. The molecule has 1 aliphatic rings. The molecule has 0 fully saturated rings. The van der Waals surface area contributed by atoms with Gasteiger partial charge in [-0.3, -0.25) is 4.79 Å². The quantitative estimate of drug-likeness (QED) is 0.561. The summed E-state index contributed by atoms with van der Waals surface area (Å²) in [7, 11) is 1.53. The number of hydrogen-bond acceptors (Lipinski definition) is 5. The van der Waals surface area contributed by atoms with Crippen LogP contribution in [0.5, 0.6) is 11.5 Å². The molecule has 26 heavy (non-hydrogen) atoms. The second-order valence-corrected chi connectivity index (χ2v) is 6.14. The Hall–Kier alpha value is -2.82. The third-order valence-electron chi connectivity index (χ3n) is 4.45. The van der Waals surface area contributed by atoms with E-state index < -0.39 is 5.97 Å². The Labute approximate surface area is 152 Å². The van der Waals surface area contributed by atoms with Gasteiger partial charge in [-0.15, -0.1) is 0 Å². The molecule has 2 aromatic rings. The van der Waals surface area contributed by atoms with Gasteiger partial charge in [-0.1, -0.05) is 12.1 Å². The van der Waals surface area contributed by atoms with Crippen molar-refractivity contribution in [3.8, 4) is 11.5 Å². The number of ketones is 1. The third kappa shape index (κ3) is 3.87. The van der Waals surface area contributed by atoms with Gasteiger partial charge in [0, 0.05) is 5.56 Å². The molecule has 0 aromatic heterocycles. The average Bonchev–Trinajstić information content (AvgIpc) is 3.13. The molecule has 0 unspecified atom stereocenters. The first kappa shape index (κ1) is 18.0. The molecule has 0 heterocycles. The summed E-state index contributed by atoms with van der Waals surface area (Å²) in [5, 5.41) is 0. The van der Waals surface area contributed by atoms with E-state index in [-0.39, 0.29) is 12.4 Å². The molecule has 5 heteroatoms. The molecule has 0 saturated heterocycles. The minimum atomic E-state index is -0.567. The van der Waals surface area contributed by atoms with Crippen molar-refractivity contribution in [3.63, 3.8) is 0 Å². The number of rotatable bonds is 7. The van der Waals surface area contributed by atoms with Crippen LogP contribution in [0.15, 0.2) is 36.4 Å². The lowest BCUT2D eigenvalue weighted by Crippen LogP contribution is -2.14. The van der Waals surface area contributed by atoms with Crippen LogP contribution in [0.1, 0.15) is 45.2 Å². The molecule has 3 rings (SSSR count). The van der Waals surface area contributed by atoms with Crippen molar-refractivity contribution in [1.82, 2.24) is 0 Å².